The maximum Gasteiger partial charge on any atom is 0.337 e. The molecule has 0 saturated heterocycles. The zero-order chi connectivity index (χ0) is 16.0. The SMILES string of the molecule is NCC(=O)NCC(=O)N(c1ccc(O)cc1)[C@@H](I)C(=O)O. The van der Waals surface area contributed by atoms with Crippen molar-refractivity contribution in [2.75, 3.05) is 18.0 Å². The molecule has 2 amide bonds. The topological polar surface area (TPSA) is 133 Å². The number of phenolic OH excluding ortho intramolecular Hbond substituents is 1. The molecule has 0 radical (unpaired) electrons. The molecule has 0 heterocycles. The van der Waals surface area contributed by atoms with E-state index < -0.39 is 21.8 Å². The van der Waals surface area contributed by atoms with Crippen LogP contribution in [0.4, 0.5) is 5.69 Å². The molecule has 1 aromatic carbocycles. The fourth-order valence-corrected chi connectivity index (χ4v) is 2.09. The molecule has 0 bridgehead atoms. The summed E-state index contributed by atoms with van der Waals surface area (Å²) in [7, 11) is 0. The average molecular weight is 407 g/mol. The number of aliphatic carboxylic acids is 1. The molecule has 0 aliphatic rings. The molecule has 9 heteroatoms. The van der Waals surface area contributed by atoms with E-state index >= 15 is 0 Å². The zero-order valence-corrected chi connectivity index (χ0v) is 13.0. The van der Waals surface area contributed by atoms with Crippen LogP contribution < -0.4 is 16.0 Å². The highest BCUT2D eigenvalue weighted by molar-refractivity contribution is 14.1. The maximum atomic E-state index is 12.1. The summed E-state index contributed by atoms with van der Waals surface area (Å²) in [4.78, 5) is 35.3. The summed E-state index contributed by atoms with van der Waals surface area (Å²) in [6, 6.07) is 5.48. The number of nitrogens with two attached hydrogens (primary N) is 1. The van der Waals surface area contributed by atoms with Gasteiger partial charge in [0, 0.05) is 5.69 Å². The van der Waals surface area contributed by atoms with Gasteiger partial charge in [0.1, 0.15) is 5.75 Å². The van der Waals surface area contributed by atoms with Crippen LogP contribution in [0, 0.1) is 0 Å². The van der Waals surface area contributed by atoms with E-state index in [1.807, 2.05) is 0 Å². The Morgan fingerprint density at radius 3 is 2.33 bits per heavy atom. The van der Waals surface area contributed by atoms with Gasteiger partial charge in [0.05, 0.1) is 13.1 Å². The van der Waals surface area contributed by atoms with Crippen molar-refractivity contribution in [1.82, 2.24) is 5.32 Å². The van der Waals surface area contributed by atoms with Gasteiger partial charge in [0.25, 0.3) is 0 Å². The summed E-state index contributed by atoms with van der Waals surface area (Å²) in [5.41, 5.74) is 5.40. The Bertz CT molecular complexity index is 534. The second-order valence-corrected chi connectivity index (χ2v) is 5.11. The van der Waals surface area contributed by atoms with Crippen molar-refractivity contribution in [3.8, 4) is 5.75 Å². The Labute approximate surface area is 134 Å². The number of phenols is 1. The summed E-state index contributed by atoms with van der Waals surface area (Å²) in [5, 5.41) is 20.6. The zero-order valence-electron chi connectivity index (χ0n) is 10.8. The quantitative estimate of drug-likeness (QED) is 0.289. The predicted molar refractivity (Wildman–Crippen MR) is 83.1 cm³/mol. The van der Waals surface area contributed by atoms with E-state index in [-0.39, 0.29) is 18.8 Å². The molecule has 0 unspecified atom stereocenters. The molecule has 8 nitrogen and oxygen atoms in total. The molecule has 0 fully saturated rings. The second kappa shape index (κ2) is 7.78. The molecule has 21 heavy (non-hydrogen) atoms. The maximum absolute atomic E-state index is 12.1. The number of amides is 2. The van der Waals surface area contributed by atoms with Gasteiger partial charge in [-0.15, -0.1) is 0 Å². The summed E-state index contributed by atoms with van der Waals surface area (Å²) in [6.07, 6.45) is 0. The Hall–Kier alpha value is -1.88. The third kappa shape index (κ3) is 4.86. The van der Waals surface area contributed by atoms with Gasteiger partial charge in [0.2, 0.25) is 11.8 Å². The molecule has 114 valence electrons. The fourth-order valence-electron chi connectivity index (χ4n) is 1.46. The number of rotatable bonds is 6. The van der Waals surface area contributed by atoms with E-state index in [4.69, 9.17) is 10.8 Å². The van der Waals surface area contributed by atoms with Crippen LogP contribution in [0.5, 0.6) is 5.75 Å². The van der Waals surface area contributed by atoms with Crippen LogP contribution in [-0.4, -0.2) is 45.1 Å². The van der Waals surface area contributed by atoms with Crippen molar-refractivity contribution in [1.29, 1.82) is 0 Å². The highest BCUT2D eigenvalue weighted by atomic mass is 127. The van der Waals surface area contributed by atoms with Gasteiger partial charge in [-0.2, -0.15) is 0 Å². The van der Waals surface area contributed by atoms with Gasteiger partial charge in [-0.3, -0.25) is 14.5 Å². The van der Waals surface area contributed by atoms with E-state index in [0.717, 1.165) is 4.90 Å². The van der Waals surface area contributed by atoms with Crippen LogP contribution in [0.1, 0.15) is 0 Å². The van der Waals surface area contributed by atoms with Crippen LogP contribution in [0.15, 0.2) is 24.3 Å². The molecule has 5 N–H and O–H groups in total. The van der Waals surface area contributed by atoms with Gasteiger partial charge in [-0.1, -0.05) is 0 Å². The number of aromatic hydroxyl groups is 1. The Kier molecular flexibility index (Phi) is 6.37. The third-order valence-electron chi connectivity index (χ3n) is 2.45. The first-order chi connectivity index (χ1) is 9.86. The summed E-state index contributed by atoms with van der Waals surface area (Å²) < 4.78 is -1.16. The summed E-state index contributed by atoms with van der Waals surface area (Å²) >= 11 is 1.59. The average Bonchev–Trinajstić information content (AvgIpc) is 2.46. The Balaban J connectivity index is 2.97. The molecular formula is C12H14IN3O5. The highest BCUT2D eigenvalue weighted by Gasteiger charge is 2.28. The minimum absolute atomic E-state index is 0.0112. The molecule has 1 atom stereocenters. The lowest BCUT2D eigenvalue weighted by Gasteiger charge is -2.25. The number of nitrogens with one attached hydrogen (secondary N) is 1. The second-order valence-electron chi connectivity index (χ2n) is 3.94. The van der Waals surface area contributed by atoms with E-state index in [0.29, 0.717) is 5.69 Å². The highest BCUT2D eigenvalue weighted by Crippen LogP contribution is 2.23. The van der Waals surface area contributed by atoms with Gasteiger partial charge in [-0.05, 0) is 46.9 Å². The summed E-state index contributed by atoms with van der Waals surface area (Å²) in [6.45, 7) is -0.636. The number of halogens is 1. The van der Waals surface area contributed by atoms with Crippen molar-refractivity contribution in [2.24, 2.45) is 5.73 Å². The standard InChI is InChI=1S/C12H14IN3O5/c13-11(12(20)21)16(7-1-3-8(17)4-2-7)10(19)6-15-9(18)5-14/h1-4,11,17H,5-6,14H2,(H,15,18)(H,20,21)/t11-/m1/s1. The number of benzene rings is 1. The molecule has 0 aliphatic carbocycles. The third-order valence-corrected chi connectivity index (χ3v) is 3.54. The number of carboxylic acid groups (broad SMARTS) is 1. The number of carbonyl (C=O) groups is 3. The van der Waals surface area contributed by atoms with Crippen LogP contribution in [0.25, 0.3) is 0 Å². The first-order valence-corrected chi connectivity index (χ1v) is 7.06. The Morgan fingerprint density at radius 1 is 1.29 bits per heavy atom. The van der Waals surface area contributed by atoms with Crippen LogP contribution in [0.3, 0.4) is 0 Å². The van der Waals surface area contributed by atoms with E-state index in [1.54, 1.807) is 22.6 Å². The van der Waals surface area contributed by atoms with Crippen LogP contribution in [0.2, 0.25) is 0 Å². The van der Waals surface area contributed by atoms with Crippen molar-refractivity contribution < 1.29 is 24.6 Å². The molecule has 0 aromatic heterocycles. The first kappa shape index (κ1) is 17.2. The molecule has 0 aliphatic heterocycles. The monoisotopic (exact) mass is 407 g/mol. The number of alkyl halides is 1. The van der Waals surface area contributed by atoms with E-state index in [9.17, 15) is 19.5 Å². The van der Waals surface area contributed by atoms with Crippen molar-refractivity contribution in [3.05, 3.63) is 24.3 Å². The van der Waals surface area contributed by atoms with Gasteiger partial charge in [-0.25, -0.2) is 4.79 Å². The van der Waals surface area contributed by atoms with Gasteiger partial charge >= 0.3 is 5.97 Å². The van der Waals surface area contributed by atoms with Crippen LogP contribution >= 0.6 is 22.6 Å². The lowest BCUT2D eigenvalue weighted by atomic mass is 10.2. The number of carboxylic acids is 1. The minimum Gasteiger partial charge on any atom is -0.508 e. The van der Waals surface area contributed by atoms with Crippen LogP contribution in [-0.2, 0) is 14.4 Å². The lowest BCUT2D eigenvalue weighted by molar-refractivity contribution is -0.137. The number of carbonyl (C=O) groups excluding carboxylic acids is 2. The van der Waals surface area contributed by atoms with E-state index in [1.165, 1.54) is 24.3 Å². The molecule has 1 rings (SSSR count). The minimum atomic E-state index is -1.21. The largest absolute Gasteiger partial charge is 0.508 e. The molecule has 0 saturated carbocycles. The van der Waals surface area contributed by atoms with Crippen molar-refractivity contribution >= 4 is 46.1 Å². The number of nitrogens with zero attached hydrogens (tertiary/aromatic N) is 1. The normalized spacial score (nSPS) is 11.5. The lowest BCUT2D eigenvalue weighted by Crippen LogP contribution is -2.47. The van der Waals surface area contributed by atoms with Gasteiger partial charge in [0.15, 0.2) is 4.05 Å². The van der Waals surface area contributed by atoms with Gasteiger partial charge < -0.3 is 21.3 Å². The number of anilines is 1. The smallest absolute Gasteiger partial charge is 0.337 e. The Morgan fingerprint density at radius 2 is 1.86 bits per heavy atom. The van der Waals surface area contributed by atoms with E-state index in [2.05, 4.69) is 5.32 Å². The predicted octanol–water partition coefficient (Wildman–Crippen LogP) is -0.354. The fraction of sp³-hybridized carbons (Fsp3) is 0.250. The number of hydrogen-bond donors (Lipinski definition) is 4. The summed E-state index contributed by atoms with van der Waals surface area (Å²) in [5.74, 6) is -2.34. The molecular weight excluding hydrogens is 393 g/mol. The van der Waals surface area contributed by atoms with Crippen molar-refractivity contribution in [2.45, 2.75) is 4.05 Å². The van der Waals surface area contributed by atoms with Crippen molar-refractivity contribution in [3.63, 3.8) is 0 Å². The molecule has 1 aromatic rings. The first-order valence-electron chi connectivity index (χ1n) is 5.81. The molecule has 0 spiro atoms. The number of hydrogen-bond acceptors (Lipinski definition) is 5.